The van der Waals surface area contributed by atoms with E-state index in [0.717, 1.165) is 6.54 Å². The van der Waals surface area contributed by atoms with Gasteiger partial charge in [0.2, 0.25) is 5.91 Å². The van der Waals surface area contributed by atoms with E-state index >= 15 is 0 Å². The molecular weight excluding hydrogens is 208 g/mol. The van der Waals surface area contributed by atoms with Crippen LogP contribution in [0.3, 0.4) is 0 Å². The minimum absolute atomic E-state index is 0.0871. The van der Waals surface area contributed by atoms with Crippen molar-refractivity contribution in [2.75, 3.05) is 13.6 Å². The number of hydrogen-bond acceptors (Lipinski definition) is 3. The van der Waals surface area contributed by atoms with Crippen molar-refractivity contribution in [3.8, 4) is 0 Å². The third-order valence-corrected chi connectivity index (χ3v) is 2.73. The lowest BCUT2D eigenvalue weighted by molar-refractivity contribution is -0.122. The molecule has 1 aromatic rings. The fourth-order valence-electron chi connectivity index (χ4n) is 1.34. The molecular formula is C11H18N2OS. The first-order chi connectivity index (χ1) is 7.08. The van der Waals surface area contributed by atoms with E-state index in [-0.39, 0.29) is 11.9 Å². The summed E-state index contributed by atoms with van der Waals surface area (Å²) in [6, 6.07) is 4.33. The van der Waals surface area contributed by atoms with Gasteiger partial charge in [-0.3, -0.25) is 9.69 Å². The predicted octanol–water partition coefficient (Wildman–Crippen LogP) is 1.70. The maximum atomic E-state index is 11.4. The molecule has 0 saturated heterocycles. The van der Waals surface area contributed by atoms with E-state index in [1.807, 2.05) is 31.9 Å². The number of hydrogen-bond donors (Lipinski definition) is 1. The average Bonchev–Trinajstić information content (AvgIpc) is 2.53. The predicted molar refractivity (Wildman–Crippen MR) is 63.9 cm³/mol. The van der Waals surface area contributed by atoms with Gasteiger partial charge in [-0.05, 0) is 32.3 Å². The number of likely N-dealkylation sites (N-methyl/N-ethyl adjacent to an activating group) is 1. The summed E-state index contributed by atoms with van der Waals surface area (Å²) in [6.45, 7) is 5.23. The number of amides is 1. The zero-order valence-electron chi connectivity index (χ0n) is 9.49. The highest BCUT2D eigenvalue weighted by atomic mass is 32.1. The largest absolute Gasteiger partial charge is 0.353 e. The van der Waals surface area contributed by atoms with Gasteiger partial charge >= 0.3 is 0 Å². The first kappa shape index (κ1) is 12.2. The molecule has 15 heavy (non-hydrogen) atoms. The number of carbonyl (C=O) groups excluding carboxylic acids is 1. The van der Waals surface area contributed by atoms with Crippen molar-refractivity contribution < 1.29 is 4.79 Å². The quantitative estimate of drug-likeness (QED) is 0.829. The van der Waals surface area contributed by atoms with Gasteiger partial charge < -0.3 is 5.32 Å². The maximum absolute atomic E-state index is 11.4. The summed E-state index contributed by atoms with van der Waals surface area (Å²) < 4.78 is 0. The summed E-state index contributed by atoms with van der Waals surface area (Å²) in [5.41, 5.74) is 0. The second-order valence-corrected chi connectivity index (χ2v) is 5.01. The Balaban J connectivity index is 2.29. The SMILES string of the molecule is CC(C)NC(=O)CN(C)Cc1cccs1. The van der Waals surface area contributed by atoms with Crippen LogP contribution in [-0.4, -0.2) is 30.4 Å². The van der Waals surface area contributed by atoms with Crippen molar-refractivity contribution in [3.05, 3.63) is 22.4 Å². The van der Waals surface area contributed by atoms with Gasteiger partial charge in [0.1, 0.15) is 0 Å². The van der Waals surface area contributed by atoms with Crippen LogP contribution in [0.25, 0.3) is 0 Å². The molecule has 0 aromatic carbocycles. The van der Waals surface area contributed by atoms with Crippen LogP contribution in [0.5, 0.6) is 0 Å². The summed E-state index contributed by atoms with van der Waals surface area (Å²) in [6.07, 6.45) is 0. The van der Waals surface area contributed by atoms with Gasteiger partial charge in [-0.25, -0.2) is 0 Å². The van der Waals surface area contributed by atoms with Crippen LogP contribution in [0.15, 0.2) is 17.5 Å². The standard InChI is InChI=1S/C11H18N2OS/c1-9(2)12-11(14)8-13(3)7-10-5-4-6-15-10/h4-6,9H,7-8H2,1-3H3,(H,12,14). The third kappa shape index (κ3) is 4.95. The summed E-state index contributed by atoms with van der Waals surface area (Å²) in [7, 11) is 1.96. The molecule has 0 fully saturated rings. The van der Waals surface area contributed by atoms with Gasteiger partial charge in [0.05, 0.1) is 6.54 Å². The zero-order chi connectivity index (χ0) is 11.3. The van der Waals surface area contributed by atoms with Crippen LogP contribution in [0.1, 0.15) is 18.7 Å². The molecule has 0 atom stereocenters. The van der Waals surface area contributed by atoms with Crippen molar-refractivity contribution >= 4 is 17.2 Å². The number of nitrogens with one attached hydrogen (secondary N) is 1. The van der Waals surface area contributed by atoms with Crippen molar-refractivity contribution in [1.29, 1.82) is 0 Å². The molecule has 0 spiro atoms. The van der Waals surface area contributed by atoms with E-state index in [2.05, 4.69) is 16.8 Å². The Labute approximate surface area is 95.1 Å². The van der Waals surface area contributed by atoms with Crippen LogP contribution < -0.4 is 5.32 Å². The molecule has 1 aromatic heterocycles. The summed E-state index contributed by atoms with van der Waals surface area (Å²) in [4.78, 5) is 14.7. The number of nitrogens with zero attached hydrogens (tertiary/aromatic N) is 1. The second-order valence-electron chi connectivity index (χ2n) is 3.97. The Bertz CT molecular complexity index is 296. The molecule has 0 aliphatic rings. The molecule has 1 N–H and O–H groups in total. The lowest BCUT2D eigenvalue weighted by Crippen LogP contribution is -2.38. The molecule has 0 radical (unpaired) electrons. The Morgan fingerprint density at radius 2 is 2.33 bits per heavy atom. The maximum Gasteiger partial charge on any atom is 0.234 e. The van der Waals surface area contributed by atoms with Gasteiger partial charge in [-0.1, -0.05) is 6.07 Å². The van der Waals surface area contributed by atoms with E-state index < -0.39 is 0 Å². The molecule has 0 aliphatic heterocycles. The van der Waals surface area contributed by atoms with Crippen LogP contribution in [-0.2, 0) is 11.3 Å². The first-order valence-electron chi connectivity index (χ1n) is 5.08. The van der Waals surface area contributed by atoms with E-state index in [9.17, 15) is 4.79 Å². The molecule has 0 unspecified atom stereocenters. The zero-order valence-corrected chi connectivity index (χ0v) is 10.3. The Hall–Kier alpha value is -0.870. The molecule has 0 saturated carbocycles. The molecule has 0 aliphatic carbocycles. The van der Waals surface area contributed by atoms with Gasteiger partial charge in [0, 0.05) is 17.5 Å². The molecule has 0 bridgehead atoms. The highest BCUT2D eigenvalue weighted by Crippen LogP contribution is 2.10. The van der Waals surface area contributed by atoms with Crippen molar-refractivity contribution in [1.82, 2.24) is 10.2 Å². The number of rotatable bonds is 5. The summed E-state index contributed by atoms with van der Waals surface area (Å²) >= 11 is 1.72. The number of carbonyl (C=O) groups is 1. The van der Waals surface area contributed by atoms with E-state index in [0.29, 0.717) is 6.54 Å². The minimum Gasteiger partial charge on any atom is -0.353 e. The summed E-state index contributed by atoms with van der Waals surface area (Å²) in [5.74, 6) is 0.0871. The molecule has 3 nitrogen and oxygen atoms in total. The highest BCUT2D eigenvalue weighted by Gasteiger charge is 2.08. The highest BCUT2D eigenvalue weighted by molar-refractivity contribution is 7.09. The molecule has 1 amide bonds. The first-order valence-corrected chi connectivity index (χ1v) is 5.96. The Kier molecular flexibility index (Phi) is 4.78. The van der Waals surface area contributed by atoms with Gasteiger partial charge in [-0.2, -0.15) is 0 Å². The van der Waals surface area contributed by atoms with Crippen LogP contribution >= 0.6 is 11.3 Å². The molecule has 1 rings (SSSR count). The average molecular weight is 226 g/mol. The third-order valence-electron chi connectivity index (χ3n) is 1.87. The minimum atomic E-state index is 0.0871. The smallest absolute Gasteiger partial charge is 0.234 e. The fourth-order valence-corrected chi connectivity index (χ4v) is 2.12. The van der Waals surface area contributed by atoms with E-state index in [1.165, 1.54) is 4.88 Å². The van der Waals surface area contributed by atoms with Gasteiger partial charge in [-0.15, -0.1) is 11.3 Å². The second kappa shape index (κ2) is 5.88. The van der Waals surface area contributed by atoms with E-state index in [1.54, 1.807) is 11.3 Å². The van der Waals surface area contributed by atoms with Crippen molar-refractivity contribution in [2.45, 2.75) is 26.4 Å². The topological polar surface area (TPSA) is 32.3 Å². The number of thiophene rings is 1. The summed E-state index contributed by atoms with van der Waals surface area (Å²) in [5, 5.41) is 4.93. The lowest BCUT2D eigenvalue weighted by Gasteiger charge is -2.16. The van der Waals surface area contributed by atoms with Crippen LogP contribution in [0.2, 0.25) is 0 Å². The van der Waals surface area contributed by atoms with Gasteiger partial charge in [0.15, 0.2) is 0 Å². The van der Waals surface area contributed by atoms with Crippen LogP contribution in [0, 0.1) is 0 Å². The monoisotopic (exact) mass is 226 g/mol. The normalized spacial score (nSPS) is 11.0. The van der Waals surface area contributed by atoms with E-state index in [4.69, 9.17) is 0 Å². The Morgan fingerprint density at radius 3 is 2.87 bits per heavy atom. The fraction of sp³-hybridized carbons (Fsp3) is 0.545. The molecule has 84 valence electrons. The lowest BCUT2D eigenvalue weighted by atomic mass is 10.3. The molecule has 1 heterocycles. The van der Waals surface area contributed by atoms with Crippen molar-refractivity contribution in [2.24, 2.45) is 0 Å². The molecule has 4 heteroatoms. The van der Waals surface area contributed by atoms with Gasteiger partial charge in [0.25, 0.3) is 0 Å². The van der Waals surface area contributed by atoms with Crippen molar-refractivity contribution in [3.63, 3.8) is 0 Å². The van der Waals surface area contributed by atoms with Crippen LogP contribution in [0.4, 0.5) is 0 Å². The Morgan fingerprint density at radius 1 is 1.60 bits per heavy atom.